The van der Waals surface area contributed by atoms with E-state index >= 15 is 0 Å². The summed E-state index contributed by atoms with van der Waals surface area (Å²) >= 11 is 0. The quantitative estimate of drug-likeness (QED) is 0.533. The fourth-order valence-electron chi connectivity index (χ4n) is 2.69. The smallest absolute Gasteiger partial charge is 0.232 e. The first kappa shape index (κ1) is 28.5. The van der Waals surface area contributed by atoms with E-state index in [9.17, 15) is 4.79 Å². The van der Waals surface area contributed by atoms with Gasteiger partial charge in [0.2, 0.25) is 17.8 Å². The first-order chi connectivity index (χ1) is 14.8. The fourth-order valence-corrected chi connectivity index (χ4v) is 2.69. The number of nitrogens with zero attached hydrogens (tertiary/aromatic N) is 5. The number of carbonyl (C=O) groups is 1. The Morgan fingerprint density at radius 2 is 1.34 bits per heavy atom. The normalized spacial score (nSPS) is 8.97. The Morgan fingerprint density at radius 1 is 0.875 bits per heavy atom. The molecule has 1 N–H and O–H groups in total. The number of amides is 1. The van der Waals surface area contributed by atoms with Crippen LogP contribution in [0.4, 0.5) is 11.9 Å². The maximum absolute atomic E-state index is 11.6. The Kier molecular flexibility index (Phi) is 13.7. The molecule has 0 spiro atoms. The molecule has 0 radical (unpaired) electrons. The third kappa shape index (κ3) is 11.1. The van der Waals surface area contributed by atoms with E-state index in [1.54, 1.807) is 11.8 Å². The average Bonchev–Trinajstić information content (AvgIpc) is 2.67. The molecule has 172 valence electrons. The second-order valence-electron chi connectivity index (χ2n) is 6.88. The zero-order valence-electron chi connectivity index (χ0n) is 19.6. The molecule has 0 aromatic carbocycles. The molecular formula is C25H36N6O. The zero-order valence-corrected chi connectivity index (χ0v) is 19.6. The second-order valence-corrected chi connectivity index (χ2v) is 6.88. The van der Waals surface area contributed by atoms with Crippen molar-refractivity contribution in [2.45, 2.75) is 68.7 Å². The predicted octanol–water partition coefficient (Wildman–Crippen LogP) is 4.41. The monoisotopic (exact) mass is 436 g/mol. The molecule has 0 saturated carbocycles. The number of rotatable bonds is 6. The molecule has 2 aromatic heterocycles. The Bertz CT molecular complexity index is 954. The molecule has 0 aliphatic heterocycles. The van der Waals surface area contributed by atoms with E-state index in [2.05, 4.69) is 48.9 Å². The summed E-state index contributed by atoms with van der Waals surface area (Å²) < 4.78 is 0. The van der Waals surface area contributed by atoms with Crippen LogP contribution in [0.3, 0.4) is 0 Å². The minimum absolute atomic E-state index is 0. The van der Waals surface area contributed by atoms with Gasteiger partial charge in [0.1, 0.15) is 0 Å². The van der Waals surface area contributed by atoms with Gasteiger partial charge >= 0.3 is 0 Å². The largest absolute Gasteiger partial charge is 0.353 e. The molecule has 0 aliphatic carbocycles. The molecule has 0 atom stereocenters. The highest BCUT2D eigenvalue weighted by molar-refractivity contribution is 5.89. The minimum Gasteiger partial charge on any atom is -0.353 e. The van der Waals surface area contributed by atoms with Crippen LogP contribution in [0.1, 0.15) is 63.8 Å². The van der Waals surface area contributed by atoms with Crippen molar-refractivity contribution in [1.82, 2.24) is 19.9 Å². The molecule has 2 rings (SSSR count). The van der Waals surface area contributed by atoms with Crippen LogP contribution in [-0.2, 0) is 4.79 Å². The van der Waals surface area contributed by atoms with Gasteiger partial charge in [-0.15, -0.1) is 23.7 Å². The van der Waals surface area contributed by atoms with Crippen LogP contribution < -0.4 is 10.2 Å². The summed E-state index contributed by atoms with van der Waals surface area (Å²) in [6.07, 6.45) is 1.46. The lowest BCUT2D eigenvalue weighted by atomic mass is 10.3. The molecule has 7 heteroatoms. The van der Waals surface area contributed by atoms with E-state index < -0.39 is 0 Å². The first-order valence-electron chi connectivity index (χ1n) is 10.2. The van der Waals surface area contributed by atoms with Gasteiger partial charge in [0.15, 0.2) is 0 Å². The lowest BCUT2D eigenvalue weighted by Gasteiger charge is -2.18. The number of hydrogen-bond acceptors (Lipinski definition) is 6. The van der Waals surface area contributed by atoms with Crippen molar-refractivity contribution in [2.24, 2.45) is 0 Å². The van der Waals surface area contributed by atoms with Crippen molar-refractivity contribution in [2.75, 3.05) is 23.3 Å². The van der Waals surface area contributed by atoms with Gasteiger partial charge in [-0.1, -0.05) is 7.43 Å². The summed E-state index contributed by atoms with van der Waals surface area (Å²) in [7, 11) is 0. The number of aryl methyl sites for hydroxylation is 4. The molecule has 0 bridgehead atoms. The Balaban J connectivity index is 0.000000592. The van der Waals surface area contributed by atoms with Crippen LogP contribution in [0.2, 0.25) is 0 Å². The first-order valence-corrected chi connectivity index (χ1v) is 10.2. The standard InChI is InChI=1S/C13H17N3O.C11H15N3.CH4/c1-5-6-7-8-16(12(4)17)13-14-10(2)9-11(3)15-13;1-4-5-6-7-12-11-13-9(2)8-10(3)14-11;/h9H,7-8H2,1-4H3;8H,6-7H2,1-3H3,(H,12,13,14);1H4. The van der Waals surface area contributed by atoms with Crippen LogP contribution in [0.5, 0.6) is 0 Å². The third-order valence-corrected chi connectivity index (χ3v) is 3.92. The second kappa shape index (κ2) is 15.4. The SMILES string of the molecule is C.CC#CCCN(C(C)=O)c1nc(C)cc(C)n1.CC#CCCNc1nc(C)cc(C)n1. The molecule has 7 nitrogen and oxygen atoms in total. The van der Waals surface area contributed by atoms with Crippen LogP contribution >= 0.6 is 0 Å². The van der Waals surface area contributed by atoms with E-state index in [0.29, 0.717) is 24.9 Å². The fraction of sp³-hybridized carbons (Fsp3) is 0.480. The third-order valence-electron chi connectivity index (χ3n) is 3.92. The van der Waals surface area contributed by atoms with Gasteiger partial charge in [-0.3, -0.25) is 9.69 Å². The van der Waals surface area contributed by atoms with E-state index in [1.165, 1.54) is 6.92 Å². The van der Waals surface area contributed by atoms with Crippen molar-refractivity contribution < 1.29 is 4.79 Å². The topological polar surface area (TPSA) is 83.9 Å². The molecule has 0 aliphatic rings. The van der Waals surface area contributed by atoms with Gasteiger partial charge in [-0.2, -0.15) is 0 Å². The molecule has 1 amide bonds. The maximum atomic E-state index is 11.6. The van der Waals surface area contributed by atoms with Crippen LogP contribution in [0.15, 0.2) is 12.1 Å². The van der Waals surface area contributed by atoms with Gasteiger partial charge in [-0.05, 0) is 53.7 Å². The summed E-state index contributed by atoms with van der Waals surface area (Å²) in [6, 6.07) is 3.84. The van der Waals surface area contributed by atoms with Crippen molar-refractivity contribution in [3.63, 3.8) is 0 Å². The predicted molar refractivity (Wildman–Crippen MR) is 132 cm³/mol. The average molecular weight is 437 g/mol. The highest BCUT2D eigenvalue weighted by atomic mass is 16.2. The number of nitrogens with one attached hydrogen (secondary N) is 1. The van der Waals surface area contributed by atoms with E-state index in [-0.39, 0.29) is 13.3 Å². The number of carbonyl (C=O) groups excluding carboxylic acids is 1. The van der Waals surface area contributed by atoms with Gasteiger partial charge < -0.3 is 5.32 Å². The highest BCUT2D eigenvalue weighted by Crippen LogP contribution is 2.10. The van der Waals surface area contributed by atoms with Crippen molar-refractivity contribution in [1.29, 1.82) is 0 Å². The van der Waals surface area contributed by atoms with Crippen molar-refractivity contribution in [3.05, 3.63) is 34.9 Å². The summed E-state index contributed by atoms with van der Waals surface area (Å²) in [5.74, 6) is 12.7. The van der Waals surface area contributed by atoms with E-state index in [0.717, 1.165) is 35.7 Å². The molecule has 32 heavy (non-hydrogen) atoms. The lowest BCUT2D eigenvalue weighted by Crippen LogP contribution is -2.31. The molecule has 2 heterocycles. The van der Waals surface area contributed by atoms with Crippen molar-refractivity contribution >= 4 is 17.8 Å². The van der Waals surface area contributed by atoms with Crippen LogP contribution in [-0.4, -0.2) is 38.9 Å². The van der Waals surface area contributed by atoms with E-state index in [1.807, 2.05) is 46.8 Å². The molecule has 2 aromatic rings. The summed E-state index contributed by atoms with van der Waals surface area (Å²) in [6.45, 7) is 14.2. The summed E-state index contributed by atoms with van der Waals surface area (Å²) in [5.41, 5.74) is 3.70. The van der Waals surface area contributed by atoms with E-state index in [4.69, 9.17) is 0 Å². The van der Waals surface area contributed by atoms with Gasteiger partial charge in [0.05, 0.1) is 0 Å². The molecular weight excluding hydrogens is 400 g/mol. The Hall–Kier alpha value is -3.45. The van der Waals surface area contributed by atoms with Gasteiger partial charge in [0, 0.05) is 55.6 Å². The summed E-state index contributed by atoms with van der Waals surface area (Å²) in [4.78, 5) is 30.2. The highest BCUT2D eigenvalue weighted by Gasteiger charge is 2.14. The lowest BCUT2D eigenvalue weighted by molar-refractivity contribution is -0.116. The van der Waals surface area contributed by atoms with Crippen molar-refractivity contribution in [3.8, 4) is 23.7 Å². The molecule has 0 saturated heterocycles. The Morgan fingerprint density at radius 3 is 1.81 bits per heavy atom. The Labute approximate surface area is 193 Å². The minimum atomic E-state index is -0.0621. The number of aromatic nitrogens is 4. The van der Waals surface area contributed by atoms with Crippen LogP contribution in [0.25, 0.3) is 0 Å². The van der Waals surface area contributed by atoms with Gasteiger partial charge in [0.25, 0.3) is 0 Å². The number of anilines is 2. The molecule has 0 fully saturated rings. The summed E-state index contributed by atoms with van der Waals surface area (Å²) in [5, 5.41) is 3.14. The number of hydrogen-bond donors (Lipinski definition) is 1. The zero-order chi connectivity index (χ0) is 23.2. The van der Waals surface area contributed by atoms with Crippen LogP contribution in [0, 0.1) is 51.4 Å². The van der Waals surface area contributed by atoms with Gasteiger partial charge in [-0.25, -0.2) is 19.9 Å². The molecule has 0 unspecified atom stereocenters. The maximum Gasteiger partial charge on any atom is 0.232 e.